The molecule has 0 saturated carbocycles. The van der Waals surface area contributed by atoms with Crippen molar-refractivity contribution >= 4 is 11.8 Å². The second kappa shape index (κ2) is 5.61. The highest BCUT2D eigenvalue weighted by Crippen LogP contribution is 2.26. The Bertz CT molecular complexity index is 707. The van der Waals surface area contributed by atoms with Crippen LogP contribution in [0.3, 0.4) is 0 Å². The van der Waals surface area contributed by atoms with Crippen LogP contribution in [0.25, 0.3) is 0 Å². The highest BCUT2D eigenvalue weighted by atomic mass is 16.6. The van der Waals surface area contributed by atoms with E-state index in [0.717, 1.165) is 0 Å². The molecular weight excluding hydrogens is 280 g/mol. The molecule has 0 amide bonds. The maximum Gasteiger partial charge on any atom is 0.406 e. The third kappa shape index (κ3) is 3.16. The predicted molar refractivity (Wildman–Crippen MR) is 70.4 cm³/mol. The first-order chi connectivity index (χ1) is 9.88. The normalized spacial score (nSPS) is 10.4. The zero-order valence-electron chi connectivity index (χ0n) is 11.3. The highest BCUT2D eigenvalue weighted by Gasteiger charge is 2.19. The Balaban J connectivity index is 2.19. The number of ether oxygens (including phenoxy) is 1. The van der Waals surface area contributed by atoms with Gasteiger partial charge in [-0.3, -0.25) is 0 Å². The maximum absolute atomic E-state index is 10.9. The van der Waals surface area contributed by atoms with Crippen LogP contribution in [0.15, 0.2) is 22.6 Å². The lowest BCUT2D eigenvalue weighted by molar-refractivity contribution is -0.390. The number of furan rings is 1. The number of rotatable bonds is 5. The van der Waals surface area contributed by atoms with E-state index in [1.807, 2.05) is 0 Å². The lowest BCUT2D eigenvalue weighted by Gasteiger charge is -2.04. The van der Waals surface area contributed by atoms with Gasteiger partial charge in [0.15, 0.2) is 0 Å². The van der Waals surface area contributed by atoms with Crippen LogP contribution < -0.4 is 4.74 Å². The number of aromatic carboxylic acids is 1. The van der Waals surface area contributed by atoms with E-state index >= 15 is 0 Å². The molecule has 2 heterocycles. The molecule has 0 atom stereocenters. The SMILES string of the molecule is Cc1ccc(OCc2cc(C)c(C(=O)O)o2)c([N+](=O)[O-])n1. The molecule has 0 bridgehead atoms. The summed E-state index contributed by atoms with van der Waals surface area (Å²) in [6.45, 7) is 3.10. The fraction of sp³-hybridized carbons (Fsp3) is 0.231. The molecule has 8 nitrogen and oxygen atoms in total. The minimum Gasteiger partial charge on any atom is -0.477 e. The van der Waals surface area contributed by atoms with E-state index in [4.69, 9.17) is 14.3 Å². The van der Waals surface area contributed by atoms with Gasteiger partial charge in [-0.2, -0.15) is 0 Å². The van der Waals surface area contributed by atoms with Crippen molar-refractivity contribution in [2.75, 3.05) is 0 Å². The molecule has 1 N–H and O–H groups in total. The third-order valence-electron chi connectivity index (χ3n) is 2.68. The molecule has 0 radical (unpaired) electrons. The predicted octanol–water partition coefficient (Wildman–Crippen LogP) is 2.48. The van der Waals surface area contributed by atoms with Crippen LogP contribution in [0.5, 0.6) is 5.75 Å². The molecule has 110 valence electrons. The number of hydrogen-bond acceptors (Lipinski definition) is 6. The number of hydrogen-bond donors (Lipinski definition) is 1. The van der Waals surface area contributed by atoms with E-state index in [-0.39, 0.29) is 23.9 Å². The minimum atomic E-state index is -1.18. The van der Waals surface area contributed by atoms with Gasteiger partial charge in [0.1, 0.15) is 18.1 Å². The van der Waals surface area contributed by atoms with Crippen molar-refractivity contribution in [3.63, 3.8) is 0 Å². The molecule has 0 aliphatic carbocycles. The molecule has 2 aromatic rings. The van der Waals surface area contributed by atoms with Crippen molar-refractivity contribution in [2.24, 2.45) is 0 Å². The number of carboxylic acid groups (broad SMARTS) is 1. The Hall–Kier alpha value is -2.90. The maximum atomic E-state index is 10.9. The smallest absolute Gasteiger partial charge is 0.406 e. The molecule has 21 heavy (non-hydrogen) atoms. The van der Waals surface area contributed by atoms with Crippen molar-refractivity contribution in [1.82, 2.24) is 4.98 Å². The van der Waals surface area contributed by atoms with Gasteiger partial charge in [-0.1, -0.05) is 0 Å². The fourth-order valence-electron chi connectivity index (χ4n) is 1.75. The fourth-order valence-corrected chi connectivity index (χ4v) is 1.75. The zero-order chi connectivity index (χ0) is 15.6. The number of aromatic nitrogens is 1. The van der Waals surface area contributed by atoms with Crippen molar-refractivity contribution in [3.05, 3.63) is 51.1 Å². The molecular formula is C13H12N2O6. The number of nitrogens with zero attached hydrogens (tertiary/aromatic N) is 2. The molecule has 0 aliphatic heterocycles. The summed E-state index contributed by atoms with van der Waals surface area (Å²) in [5.74, 6) is -1.49. The second-order valence-electron chi connectivity index (χ2n) is 4.35. The lowest BCUT2D eigenvalue weighted by Crippen LogP contribution is -2.01. The van der Waals surface area contributed by atoms with Crippen LogP contribution in [0.1, 0.15) is 27.6 Å². The van der Waals surface area contributed by atoms with E-state index < -0.39 is 16.7 Å². The summed E-state index contributed by atoms with van der Waals surface area (Å²) in [7, 11) is 0. The van der Waals surface area contributed by atoms with Crippen LogP contribution in [-0.2, 0) is 6.61 Å². The number of carboxylic acids is 1. The number of aryl methyl sites for hydroxylation is 2. The quantitative estimate of drug-likeness (QED) is 0.664. The number of nitro groups is 1. The van der Waals surface area contributed by atoms with Crippen LogP contribution in [0.4, 0.5) is 5.82 Å². The molecule has 0 unspecified atom stereocenters. The average Bonchev–Trinajstić information content (AvgIpc) is 2.78. The topological polar surface area (TPSA) is 116 Å². The summed E-state index contributed by atoms with van der Waals surface area (Å²) in [6, 6.07) is 4.53. The Morgan fingerprint density at radius 2 is 2.19 bits per heavy atom. The van der Waals surface area contributed by atoms with E-state index in [2.05, 4.69) is 4.98 Å². The monoisotopic (exact) mass is 292 g/mol. The molecule has 2 rings (SSSR count). The van der Waals surface area contributed by atoms with E-state index in [1.54, 1.807) is 19.9 Å². The van der Waals surface area contributed by atoms with Gasteiger partial charge in [-0.15, -0.1) is 0 Å². The largest absolute Gasteiger partial charge is 0.477 e. The Morgan fingerprint density at radius 1 is 1.48 bits per heavy atom. The summed E-state index contributed by atoms with van der Waals surface area (Å²) in [5, 5.41) is 19.8. The van der Waals surface area contributed by atoms with Gasteiger partial charge in [0.2, 0.25) is 11.5 Å². The van der Waals surface area contributed by atoms with E-state index in [1.165, 1.54) is 12.1 Å². The summed E-state index contributed by atoms with van der Waals surface area (Å²) < 4.78 is 10.4. The van der Waals surface area contributed by atoms with Crippen molar-refractivity contribution in [3.8, 4) is 5.75 Å². The van der Waals surface area contributed by atoms with Gasteiger partial charge >= 0.3 is 11.8 Å². The molecule has 0 saturated heterocycles. The molecule has 0 aromatic carbocycles. The molecule has 2 aromatic heterocycles. The van der Waals surface area contributed by atoms with Gasteiger partial charge in [0.05, 0.1) is 0 Å². The lowest BCUT2D eigenvalue weighted by atomic mass is 10.3. The Kier molecular flexibility index (Phi) is 3.88. The van der Waals surface area contributed by atoms with Crippen LogP contribution in [-0.4, -0.2) is 21.0 Å². The van der Waals surface area contributed by atoms with Gasteiger partial charge in [0.25, 0.3) is 0 Å². The van der Waals surface area contributed by atoms with Crippen molar-refractivity contribution < 1.29 is 24.0 Å². The van der Waals surface area contributed by atoms with Gasteiger partial charge in [-0.05, 0) is 35.0 Å². The van der Waals surface area contributed by atoms with Crippen LogP contribution in [0.2, 0.25) is 0 Å². The van der Waals surface area contributed by atoms with Gasteiger partial charge < -0.3 is 24.4 Å². The first-order valence-electron chi connectivity index (χ1n) is 5.96. The van der Waals surface area contributed by atoms with Gasteiger partial charge in [0, 0.05) is 12.5 Å². The molecule has 0 aliphatic rings. The Morgan fingerprint density at radius 3 is 2.76 bits per heavy atom. The number of pyridine rings is 1. The van der Waals surface area contributed by atoms with Crippen LogP contribution in [0, 0.1) is 24.0 Å². The van der Waals surface area contributed by atoms with Crippen molar-refractivity contribution in [1.29, 1.82) is 0 Å². The zero-order valence-corrected chi connectivity index (χ0v) is 11.3. The first-order valence-corrected chi connectivity index (χ1v) is 5.96. The van der Waals surface area contributed by atoms with Crippen molar-refractivity contribution in [2.45, 2.75) is 20.5 Å². The first kappa shape index (κ1) is 14.5. The number of carbonyl (C=O) groups is 1. The standard InChI is InChI=1S/C13H12N2O6/c1-7-5-9(21-11(7)13(16)17)6-20-10-4-3-8(2)14-12(10)15(18)19/h3-5H,6H2,1-2H3,(H,16,17). The summed E-state index contributed by atoms with van der Waals surface area (Å²) >= 11 is 0. The summed E-state index contributed by atoms with van der Waals surface area (Å²) in [6.07, 6.45) is 0. The summed E-state index contributed by atoms with van der Waals surface area (Å²) in [5.41, 5.74) is 0.952. The average molecular weight is 292 g/mol. The second-order valence-corrected chi connectivity index (χ2v) is 4.35. The van der Waals surface area contributed by atoms with Gasteiger partial charge in [-0.25, -0.2) is 4.79 Å². The van der Waals surface area contributed by atoms with Crippen LogP contribution >= 0.6 is 0 Å². The third-order valence-corrected chi connectivity index (χ3v) is 2.68. The minimum absolute atomic E-state index is 0.00321. The van der Waals surface area contributed by atoms with E-state index in [0.29, 0.717) is 11.3 Å². The highest BCUT2D eigenvalue weighted by molar-refractivity contribution is 5.86. The molecule has 0 fully saturated rings. The molecule has 8 heteroatoms. The molecule has 0 spiro atoms. The summed E-state index contributed by atoms with van der Waals surface area (Å²) in [4.78, 5) is 24.9. The van der Waals surface area contributed by atoms with E-state index in [9.17, 15) is 14.9 Å². The Labute approximate surface area is 119 Å².